The maximum Gasteiger partial charge on any atom is 0.223 e. The van der Waals surface area contributed by atoms with Gasteiger partial charge in [-0.1, -0.05) is 0 Å². The fourth-order valence-corrected chi connectivity index (χ4v) is 4.01. The van der Waals surface area contributed by atoms with Gasteiger partial charge in [0.25, 0.3) is 0 Å². The molecule has 1 aliphatic heterocycles. The van der Waals surface area contributed by atoms with Crippen LogP contribution in [0.2, 0.25) is 0 Å². The highest BCUT2D eigenvalue weighted by atomic mass is 16.5. The number of carbonyl (C=O) groups excluding carboxylic acids is 1. The van der Waals surface area contributed by atoms with Crippen molar-refractivity contribution in [1.82, 2.24) is 9.80 Å². The van der Waals surface area contributed by atoms with E-state index in [0.717, 1.165) is 31.6 Å². The van der Waals surface area contributed by atoms with E-state index in [9.17, 15) is 9.90 Å². The van der Waals surface area contributed by atoms with E-state index in [-0.39, 0.29) is 23.5 Å². The van der Waals surface area contributed by atoms with Gasteiger partial charge < -0.3 is 24.1 Å². The number of rotatable bonds is 7. The molecular weight excluding hydrogens is 320 g/mol. The molecule has 1 saturated carbocycles. The summed E-state index contributed by atoms with van der Waals surface area (Å²) >= 11 is 0. The summed E-state index contributed by atoms with van der Waals surface area (Å²) in [6.45, 7) is 3.00. The molecule has 1 aromatic heterocycles. The van der Waals surface area contributed by atoms with Crippen LogP contribution in [0.1, 0.15) is 31.4 Å². The fourth-order valence-electron chi connectivity index (χ4n) is 4.01. The lowest BCUT2D eigenvalue weighted by molar-refractivity contribution is -0.212. The molecule has 0 aromatic carbocycles. The van der Waals surface area contributed by atoms with E-state index >= 15 is 0 Å². The molecule has 1 saturated heterocycles. The van der Waals surface area contributed by atoms with Crippen molar-refractivity contribution in [3.8, 4) is 0 Å². The Kier molecular flexibility index (Phi) is 5.81. The first-order valence-corrected chi connectivity index (χ1v) is 9.26. The Morgan fingerprint density at radius 3 is 2.80 bits per heavy atom. The molecule has 2 aliphatic rings. The molecular formula is C19H30N2O4. The molecule has 1 amide bonds. The lowest BCUT2D eigenvalue weighted by Gasteiger charge is -2.56. The summed E-state index contributed by atoms with van der Waals surface area (Å²) in [6.07, 6.45) is 4.97. The molecule has 1 aliphatic carbocycles. The van der Waals surface area contributed by atoms with Crippen LogP contribution in [0.4, 0.5) is 0 Å². The van der Waals surface area contributed by atoms with Crippen molar-refractivity contribution < 1.29 is 19.1 Å². The number of likely N-dealkylation sites (N-methyl/N-ethyl adjacent to an activating group) is 1. The zero-order chi connectivity index (χ0) is 17.9. The molecule has 140 valence electrons. The number of aliphatic hydroxyl groups is 1. The second-order valence-corrected chi connectivity index (χ2v) is 7.61. The Hall–Kier alpha value is -1.37. The van der Waals surface area contributed by atoms with E-state index in [1.54, 1.807) is 6.26 Å². The molecule has 6 nitrogen and oxygen atoms in total. The number of amides is 1. The number of hydrogen-bond acceptors (Lipinski definition) is 5. The van der Waals surface area contributed by atoms with Gasteiger partial charge in [0.15, 0.2) is 0 Å². The molecule has 1 aromatic rings. The van der Waals surface area contributed by atoms with Gasteiger partial charge in [0.1, 0.15) is 5.76 Å². The summed E-state index contributed by atoms with van der Waals surface area (Å²) in [5.41, 5.74) is -0.149. The van der Waals surface area contributed by atoms with Crippen LogP contribution in [0.5, 0.6) is 0 Å². The smallest absolute Gasteiger partial charge is 0.223 e. The zero-order valence-electron chi connectivity index (χ0n) is 15.3. The van der Waals surface area contributed by atoms with Gasteiger partial charge >= 0.3 is 0 Å². The first-order valence-electron chi connectivity index (χ1n) is 9.26. The summed E-state index contributed by atoms with van der Waals surface area (Å²) < 4.78 is 11.3. The van der Waals surface area contributed by atoms with Crippen molar-refractivity contribution in [3.63, 3.8) is 0 Å². The van der Waals surface area contributed by atoms with Crippen LogP contribution in [-0.4, -0.2) is 73.4 Å². The van der Waals surface area contributed by atoms with Gasteiger partial charge in [-0.2, -0.15) is 0 Å². The summed E-state index contributed by atoms with van der Waals surface area (Å²) in [5.74, 6) is 1.02. The van der Waals surface area contributed by atoms with Crippen LogP contribution in [-0.2, 0) is 16.0 Å². The number of aryl methyl sites for hydroxylation is 1. The summed E-state index contributed by atoms with van der Waals surface area (Å²) in [7, 11) is 4.06. The average Bonchev–Trinajstić information content (AvgIpc) is 3.12. The largest absolute Gasteiger partial charge is 0.469 e. The second kappa shape index (κ2) is 7.89. The molecule has 6 heteroatoms. The van der Waals surface area contributed by atoms with Crippen LogP contribution in [0.25, 0.3) is 0 Å². The number of furan rings is 1. The maximum absolute atomic E-state index is 12.4. The fraction of sp³-hybridized carbons (Fsp3) is 0.737. The number of piperidine rings is 1. The highest BCUT2D eigenvalue weighted by Crippen LogP contribution is 2.51. The molecule has 0 bridgehead atoms. The van der Waals surface area contributed by atoms with E-state index in [1.807, 2.05) is 31.1 Å². The Morgan fingerprint density at radius 1 is 1.44 bits per heavy atom. The Labute approximate surface area is 149 Å². The third-order valence-electron chi connectivity index (χ3n) is 5.81. The Balaban J connectivity index is 1.45. The Bertz CT molecular complexity index is 550. The predicted octanol–water partition coefficient (Wildman–Crippen LogP) is 1.53. The maximum atomic E-state index is 12.4. The van der Waals surface area contributed by atoms with Crippen molar-refractivity contribution in [2.75, 3.05) is 40.3 Å². The first kappa shape index (κ1) is 18.4. The number of carbonyl (C=O) groups is 1. The highest BCUT2D eigenvalue weighted by Gasteiger charge is 2.56. The van der Waals surface area contributed by atoms with E-state index in [4.69, 9.17) is 9.15 Å². The normalized spacial score (nSPS) is 25.4. The quantitative estimate of drug-likeness (QED) is 0.808. The number of hydrogen-bond donors (Lipinski definition) is 1. The molecule has 1 spiro atoms. The first-order chi connectivity index (χ1) is 12.0. The van der Waals surface area contributed by atoms with E-state index < -0.39 is 0 Å². The van der Waals surface area contributed by atoms with Crippen LogP contribution in [0.15, 0.2) is 22.8 Å². The Morgan fingerprint density at radius 2 is 2.20 bits per heavy atom. The minimum atomic E-state index is -0.294. The van der Waals surface area contributed by atoms with Crippen molar-refractivity contribution in [2.24, 2.45) is 5.41 Å². The van der Waals surface area contributed by atoms with Gasteiger partial charge in [0, 0.05) is 44.3 Å². The lowest BCUT2D eigenvalue weighted by atomic mass is 9.58. The molecule has 2 fully saturated rings. The highest BCUT2D eigenvalue weighted by molar-refractivity contribution is 5.76. The van der Waals surface area contributed by atoms with Crippen molar-refractivity contribution in [2.45, 2.75) is 44.3 Å². The van der Waals surface area contributed by atoms with Gasteiger partial charge in [0.05, 0.1) is 25.1 Å². The van der Waals surface area contributed by atoms with Crippen LogP contribution >= 0.6 is 0 Å². The standard InChI is InChI=1S/C19H30N2O4/c1-20(2)11-13-25-17-14-16(22)19(17)7-9-21(10-8-19)18(23)6-5-15-4-3-12-24-15/h3-4,12,16-17,22H,5-11,13-14H2,1-2H3/t16-,17+/m1/s1. The number of nitrogens with zero attached hydrogens (tertiary/aromatic N) is 2. The van der Waals surface area contributed by atoms with Gasteiger partial charge in [-0.05, 0) is 39.1 Å². The van der Waals surface area contributed by atoms with Crippen LogP contribution in [0, 0.1) is 5.41 Å². The summed E-state index contributed by atoms with van der Waals surface area (Å²) in [5, 5.41) is 10.3. The molecule has 25 heavy (non-hydrogen) atoms. The SMILES string of the molecule is CN(C)CCO[C@H]1C[C@@H](O)C12CCN(C(=O)CCc1ccco1)CC2. The molecule has 0 radical (unpaired) electrons. The molecule has 3 rings (SSSR count). The summed E-state index contributed by atoms with van der Waals surface area (Å²) in [4.78, 5) is 16.4. The van der Waals surface area contributed by atoms with Gasteiger partial charge in [-0.25, -0.2) is 0 Å². The van der Waals surface area contributed by atoms with Gasteiger partial charge in [-0.15, -0.1) is 0 Å². The zero-order valence-corrected chi connectivity index (χ0v) is 15.3. The van der Waals surface area contributed by atoms with E-state index in [2.05, 4.69) is 4.90 Å². The van der Waals surface area contributed by atoms with Crippen LogP contribution < -0.4 is 0 Å². The predicted molar refractivity (Wildman–Crippen MR) is 94.2 cm³/mol. The number of aliphatic hydroxyl groups excluding tert-OH is 1. The van der Waals surface area contributed by atoms with E-state index in [0.29, 0.717) is 32.5 Å². The molecule has 0 unspecified atom stereocenters. The van der Waals surface area contributed by atoms with Gasteiger partial charge in [0.2, 0.25) is 5.91 Å². The van der Waals surface area contributed by atoms with E-state index in [1.165, 1.54) is 0 Å². The molecule has 1 N–H and O–H groups in total. The second-order valence-electron chi connectivity index (χ2n) is 7.61. The number of likely N-dealkylation sites (tertiary alicyclic amines) is 1. The monoisotopic (exact) mass is 350 g/mol. The average molecular weight is 350 g/mol. The lowest BCUT2D eigenvalue weighted by Crippen LogP contribution is -2.63. The number of ether oxygens (including phenoxy) is 1. The molecule has 2 heterocycles. The van der Waals surface area contributed by atoms with Crippen molar-refractivity contribution in [1.29, 1.82) is 0 Å². The van der Waals surface area contributed by atoms with Crippen molar-refractivity contribution in [3.05, 3.63) is 24.2 Å². The third kappa shape index (κ3) is 4.07. The molecule has 2 atom stereocenters. The minimum absolute atomic E-state index is 0.128. The minimum Gasteiger partial charge on any atom is -0.469 e. The third-order valence-corrected chi connectivity index (χ3v) is 5.81. The van der Waals surface area contributed by atoms with Crippen LogP contribution in [0.3, 0.4) is 0 Å². The van der Waals surface area contributed by atoms with Gasteiger partial charge in [-0.3, -0.25) is 4.79 Å². The van der Waals surface area contributed by atoms with Crippen molar-refractivity contribution >= 4 is 5.91 Å². The topological polar surface area (TPSA) is 66.2 Å². The summed E-state index contributed by atoms with van der Waals surface area (Å²) in [6, 6.07) is 3.75.